The van der Waals surface area contributed by atoms with Crippen LogP contribution in [0.1, 0.15) is 52.4 Å². The summed E-state index contributed by atoms with van der Waals surface area (Å²) in [5.41, 5.74) is -0.0651. The van der Waals surface area contributed by atoms with E-state index in [1.165, 1.54) is 6.42 Å². The van der Waals surface area contributed by atoms with Gasteiger partial charge < -0.3 is 19.3 Å². The van der Waals surface area contributed by atoms with E-state index in [4.69, 9.17) is 9.47 Å². The van der Waals surface area contributed by atoms with E-state index in [2.05, 4.69) is 0 Å². The molecule has 0 aromatic carbocycles. The average Bonchev–Trinajstić information content (AvgIpc) is 2.63. The predicted molar refractivity (Wildman–Crippen MR) is 101 cm³/mol. The van der Waals surface area contributed by atoms with E-state index >= 15 is 0 Å². The van der Waals surface area contributed by atoms with E-state index < -0.39 is 5.41 Å². The second kappa shape index (κ2) is 7.03. The molecule has 6 nitrogen and oxygen atoms in total. The topological polar surface area (TPSA) is 59.1 Å². The molecule has 4 heterocycles. The van der Waals surface area contributed by atoms with Gasteiger partial charge in [-0.15, -0.1) is 0 Å². The minimum Gasteiger partial charge on any atom is -0.381 e. The number of carbonyl (C=O) groups is 2. The summed E-state index contributed by atoms with van der Waals surface area (Å²) in [7, 11) is 0. The Morgan fingerprint density at radius 1 is 0.889 bits per heavy atom. The fourth-order valence-corrected chi connectivity index (χ4v) is 5.28. The van der Waals surface area contributed by atoms with Crippen molar-refractivity contribution in [3.05, 3.63) is 0 Å². The lowest BCUT2D eigenvalue weighted by atomic mass is 9.73. The first-order valence-corrected chi connectivity index (χ1v) is 10.6. The highest BCUT2D eigenvalue weighted by atomic mass is 16.5. The van der Waals surface area contributed by atoms with E-state index in [0.29, 0.717) is 12.8 Å². The van der Waals surface area contributed by atoms with Gasteiger partial charge in [0.2, 0.25) is 11.8 Å². The van der Waals surface area contributed by atoms with E-state index in [1.807, 2.05) is 23.6 Å². The van der Waals surface area contributed by atoms with Gasteiger partial charge in [0, 0.05) is 62.1 Å². The molecule has 4 aliphatic heterocycles. The zero-order chi connectivity index (χ0) is 19.1. The van der Waals surface area contributed by atoms with Crippen LogP contribution in [0.4, 0.5) is 0 Å². The molecule has 0 aromatic heterocycles. The standard InChI is InChI=1S/C21H34N2O4/c1-19(2,18(25)23-13-21(14-23)7-4-10-27-16-21)8-5-17(24)22-11-20(12-22)6-3-9-26-15-20/h3-16H2,1-2H3. The molecular formula is C21H34N2O4. The summed E-state index contributed by atoms with van der Waals surface area (Å²) < 4.78 is 11.2. The van der Waals surface area contributed by atoms with E-state index in [1.54, 1.807) is 0 Å². The maximum Gasteiger partial charge on any atom is 0.228 e. The molecule has 2 amide bonds. The molecule has 0 radical (unpaired) electrons. The Labute approximate surface area is 162 Å². The highest BCUT2D eigenvalue weighted by molar-refractivity contribution is 5.84. The maximum atomic E-state index is 12.9. The van der Waals surface area contributed by atoms with Crippen LogP contribution >= 0.6 is 0 Å². The quantitative estimate of drug-likeness (QED) is 0.751. The molecule has 0 saturated carbocycles. The first kappa shape index (κ1) is 19.2. The summed E-state index contributed by atoms with van der Waals surface area (Å²) in [6.45, 7) is 10.6. The van der Waals surface area contributed by atoms with Crippen molar-refractivity contribution < 1.29 is 19.1 Å². The zero-order valence-electron chi connectivity index (χ0n) is 16.9. The Hall–Kier alpha value is -1.14. The fraction of sp³-hybridized carbons (Fsp3) is 0.905. The summed E-state index contributed by atoms with van der Waals surface area (Å²) >= 11 is 0. The molecule has 4 aliphatic rings. The SMILES string of the molecule is CC(C)(CCC(=O)N1CC2(CCCOC2)C1)C(=O)N1CC2(CCCOC2)C1. The summed E-state index contributed by atoms with van der Waals surface area (Å²) in [5.74, 6) is 0.375. The number of ether oxygens (including phenoxy) is 2. The van der Waals surface area contributed by atoms with Crippen LogP contribution in [0.3, 0.4) is 0 Å². The smallest absolute Gasteiger partial charge is 0.228 e. The second-order valence-electron chi connectivity index (χ2n) is 10.1. The van der Waals surface area contributed by atoms with Crippen molar-refractivity contribution in [3.8, 4) is 0 Å². The molecule has 0 aromatic rings. The minimum atomic E-state index is -0.483. The van der Waals surface area contributed by atoms with Gasteiger partial charge in [-0.05, 0) is 32.1 Å². The summed E-state index contributed by atoms with van der Waals surface area (Å²) in [6.07, 6.45) is 5.61. The van der Waals surface area contributed by atoms with Gasteiger partial charge in [0.05, 0.1) is 13.2 Å². The van der Waals surface area contributed by atoms with Gasteiger partial charge in [0.15, 0.2) is 0 Å². The fourth-order valence-electron chi connectivity index (χ4n) is 5.28. The Balaban J connectivity index is 1.22. The molecule has 6 heteroatoms. The van der Waals surface area contributed by atoms with Gasteiger partial charge in [-0.1, -0.05) is 13.8 Å². The number of likely N-dealkylation sites (tertiary alicyclic amines) is 2. The van der Waals surface area contributed by atoms with Gasteiger partial charge in [0.1, 0.15) is 0 Å². The van der Waals surface area contributed by atoms with Gasteiger partial charge in [0.25, 0.3) is 0 Å². The molecule has 4 fully saturated rings. The molecule has 0 N–H and O–H groups in total. The van der Waals surface area contributed by atoms with Crippen molar-refractivity contribution in [2.75, 3.05) is 52.6 Å². The Kier molecular flexibility index (Phi) is 5.00. The number of carbonyl (C=O) groups excluding carboxylic acids is 2. The summed E-state index contributed by atoms with van der Waals surface area (Å²) in [4.78, 5) is 29.4. The van der Waals surface area contributed by atoms with Crippen molar-refractivity contribution in [1.29, 1.82) is 0 Å². The lowest BCUT2D eigenvalue weighted by Crippen LogP contribution is -2.63. The van der Waals surface area contributed by atoms with Crippen molar-refractivity contribution in [2.24, 2.45) is 16.2 Å². The highest BCUT2D eigenvalue weighted by Gasteiger charge is 2.49. The van der Waals surface area contributed by atoms with Crippen LogP contribution in [0.2, 0.25) is 0 Å². The molecule has 152 valence electrons. The molecule has 2 spiro atoms. The summed E-state index contributed by atoms with van der Waals surface area (Å²) in [6, 6.07) is 0. The maximum absolute atomic E-state index is 12.9. The van der Waals surface area contributed by atoms with Crippen molar-refractivity contribution >= 4 is 11.8 Å². The third kappa shape index (κ3) is 3.75. The van der Waals surface area contributed by atoms with E-state index in [0.717, 1.165) is 71.9 Å². The number of hydrogen-bond acceptors (Lipinski definition) is 4. The first-order chi connectivity index (χ1) is 12.8. The van der Waals surface area contributed by atoms with Gasteiger partial charge >= 0.3 is 0 Å². The number of rotatable bonds is 4. The Bertz CT molecular complexity index is 575. The van der Waals surface area contributed by atoms with Crippen molar-refractivity contribution in [2.45, 2.75) is 52.4 Å². The van der Waals surface area contributed by atoms with Crippen LogP contribution in [0.15, 0.2) is 0 Å². The normalized spacial score (nSPS) is 26.6. The van der Waals surface area contributed by atoms with Gasteiger partial charge in [-0.25, -0.2) is 0 Å². The van der Waals surface area contributed by atoms with Gasteiger partial charge in [-0.2, -0.15) is 0 Å². The van der Waals surface area contributed by atoms with Crippen molar-refractivity contribution in [1.82, 2.24) is 9.80 Å². The third-order valence-electron chi connectivity index (χ3n) is 7.10. The van der Waals surface area contributed by atoms with Crippen LogP contribution in [-0.2, 0) is 19.1 Å². The zero-order valence-corrected chi connectivity index (χ0v) is 16.9. The lowest BCUT2D eigenvalue weighted by Gasteiger charge is -2.53. The Morgan fingerprint density at radius 3 is 1.89 bits per heavy atom. The average molecular weight is 379 g/mol. The molecule has 4 saturated heterocycles. The third-order valence-corrected chi connectivity index (χ3v) is 7.10. The Morgan fingerprint density at radius 2 is 1.41 bits per heavy atom. The lowest BCUT2D eigenvalue weighted by molar-refractivity contribution is -0.164. The number of amides is 2. The van der Waals surface area contributed by atoms with Crippen LogP contribution in [-0.4, -0.2) is 74.2 Å². The number of nitrogens with zero attached hydrogens (tertiary/aromatic N) is 2. The molecule has 0 unspecified atom stereocenters. The van der Waals surface area contributed by atoms with E-state index in [9.17, 15) is 9.59 Å². The molecule has 27 heavy (non-hydrogen) atoms. The molecule has 0 atom stereocenters. The highest BCUT2D eigenvalue weighted by Crippen LogP contribution is 2.41. The monoisotopic (exact) mass is 378 g/mol. The molecular weight excluding hydrogens is 344 g/mol. The minimum absolute atomic E-state index is 0.187. The second-order valence-corrected chi connectivity index (χ2v) is 10.1. The predicted octanol–water partition coefficient (Wildman–Crippen LogP) is 2.07. The van der Waals surface area contributed by atoms with Crippen LogP contribution in [0, 0.1) is 16.2 Å². The number of hydrogen-bond donors (Lipinski definition) is 0. The van der Waals surface area contributed by atoms with Crippen LogP contribution in [0.25, 0.3) is 0 Å². The molecule has 4 rings (SSSR count). The first-order valence-electron chi connectivity index (χ1n) is 10.6. The summed E-state index contributed by atoms with van der Waals surface area (Å²) in [5, 5.41) is 0. The van der Waals surface area contributed by atoms with Crippen LogP contribution < -0.4 is 0 Å². The largest absolute Gasteiger partial charge is 0.381 e. The van der Waals surface area contributed by atoms with Gasteiger partial charge in [-0.3, -0.25) is 9.59 Å². The van der Waals surface area contributed by atoms with Crippen molar-refractivity contribution in [3.63, 3.8) is 0 Å². The molecule has 0 bridgehead atoms. The van der Waals surface area contributed by atoms with Crippen LogP contribution in [0.5, 0.6) is 0 Å². The molecule has 0 aliphatic carbocycles. The van der Waals surface area contributed by atoms with E-state index in [-0.39, 0.29) is 22.6 Å².